The summed E-state index contributed by atoms with van der Waals surface area (Å²) in [5, 5.41) is 7.67. The van der Waals surface area contributed by atoms with E-state index in [0.717, 1.165) is 17.3 Å². The number of hydrogen-bond acceptors (Lipinski definition) is 3. The monoisotopic (exact) mass is 158 g/mol. The lowest BCUT2D eigenvalue weighted by atomic mass is 10.1. The van der Waals surface area contributed by atoms with Gasteiger partial charge in [-0.3, -0.25) is 0 Å². The van der Waals surface area contributed by atoms with Gasteiger partial charge in [-0.15, -0.1) is 0 Å². The number of nitrogens with zero attached hydrogens (tertiary/aromatic N) is 2. The first-order chi connectivity index (χ1) is 5.86. The van der Waals surface area contributed by atoms with Gasteiger partial charge in [0.2, 0.25) is 0 Å². The van der Waals surface area contributed by atoms with Crippen molar-refractivity contribution in [2.75, 3.05) is 0 Å². The average Bonchev–Trinajstić information content (AvgIpc) is 2.58. The minimum atomic E-state index is 0.762. The molecule has 0 aromatic carbocycles. The standard InChI is InChI=1S/C9H8N3/c10-8-3-1-7(2-4-8)9-5-6-11-12-9/h1-6H,10H2. The molecule has 0 saturated heterocycles. The lowest BCUT2D eigenvalue weighted by Crippen LogP contribution is -2.04. The van der Waals surface area contributed by atoms with Crippen LogP contribution in [0.15, 0.2) is 58.1 Å². The summed E-state index contributed by atoms with van der Waals surface area (Å²) in [5.41, 5.74) is 7.47. The summed E-state index contributed by atoms with van der Waals surface area (Å²) in [4.78, 5) is 0. The highest BCUT2D eigenvalue weighted by Crippen LogP contribution is 2.20. The van der Waals surface area contributed by atoms with E-state index in [1.165, 1.54) is 0 Å². The van der Waals surface area contributed by atoms with Crippen molar-refractivity contribution in [1.29, 1.82) is 0 Å². The molecule has 1 heterocycles. The highest BCUT2D eigenvalue weighted by atomic mass is 15.1. The Morgan fingerprint density at radius 2 is 1.75 bits per heavy atom. The highest BCUT2D eigenvalue weighted by molar-refractivity contribution is 5.47. The summed E-state index contributed by atoms with van der Waals surface area (Å²) >= 11 is 0. The molecule has 0 unspecified atom stereocenters. The zero-order valence-electron chi connectivity index (χ0n) is 6.44. The highest BCUT2D eigenvalue weighted by Gasteiger charge is 2.05. The third-order valence-electron chi connectivity index (χ3n) is 1.67. The molecule has 59 valence electrons. The molecule has 0 amide bonds. The van der Waals surface area contributed by atoms with E-state index in [1.54, 1.807) is 6.20 Å². The molecule has 3 nitrogen and oxygen atoms in total. The van der Waals surface area contributed by atoms with E-state index in [2.05, 4.69) is 10.2 Å². The predicted octanol–water partition coefficient (Wildman–Crippen LogP) is 1.84. The van der Waals surface area contributed by atoms with Crippen LogP contribution in [0.2, 0.25) is 0 Å². The normalized spacial score (nSPS) is 21.4. The number of hydrogen-bond donors (Lipinski definition) is 1. The van der Waals surface area contributed by atoms with Gasteiger partial charge < -0.3 is 5.73 Å². The van der Waals surface area contributed by atoms with Crippen molar-refractivity contribution in [3.8, 4) is 0 Å². The molecule has 0 saturated carbocycles. The Bertz CT molecular complexity index is 302. The summed E-state index contributed by atoms with van der Waals surface area (Å²) in [6.07, 6.45) is 11.1. The van der Waals surface area contributed by atoms with Gasteiger partial charge in [0.1, 0.15) is 0 Å². The maximum atomic E-state index is 5.54. The third-order valence-corrected chi connectivity index (χ3v) is 1.67. The fourth-order valence-corrected chi connectivity index (χ4v) is 1.04. The van der Waals surface area contributed by atoms with Crippen molar-refractivity contribution in [3.05, 3.63) is 53.9 Å². The third kappa shape index (κ3) is 1.26. The molecule has 3 heteroatoms. The summed E-state index contributed by atoms with van der Waals surface area (Å²) < 4.78 is 0. The van der Waals surface area contributed by atoms with Gasteiger partial charge in [0.25, 0.3) is 0 Å². The molecule has 2 rings (SSSR count). The number of nitrogens with two attached hydrogens (primary N) is 1. The van der Waals surface area contributed by atoms with Crippen molar-refractivity contribution in [3.63, 3.8) is 0 Å². The molecule has 1 aliphatic carbocycles. The van der Waals surface area contributed by atoms with Gasteiger partial charge in [-0.1, -0.05) is 24.3 Å². The molecule has 12 heavy (non-hydrogen) atoms. The molecule has 2 N–H and O–H groups in total. The Balaban J connectivity index is 2.32. The topological polar surface area (TPSA) is 50.7 Å². The quantitative estimate of drug-likeness (QED) is 0.574. The smallest absolute Gasteiger partial charge is 0.0944 e. The van der Waals surface area contributed by atoms with Crippen LogP contribution >= 0.6 is 0 Å². The van der Waals surface area contributed by atoms with Crippen LogP contribution in [-0.2, 0) is 0 Å². The second-order valence-electron chi connectivity index (χ2n) is 2.54. The van der Waals surface area contributed by atoms with E-state index < -0.39 is 0 Å². The summed E-state index contributed by atoms with van der Waals surface area (Å²) in [7, 11) is 0. The molecule has 0 bridgehead atoms. The zero-order chi connectivity index (χ0) is 8.39. The first kappa shape index (κ1) is 7.18. The second-order valence-corrected chi connectivity index (χ2v) is 2.54. The van der Waals surface area contributed by atoms with Gasteiger partial charge >= 0.3 is 0 Å². The maximum Gasteiger partial charge on any atom is 0.0944 e. The fraction of sp³-hybridized carbons (Fsp3) is 0. The van der Waals surface area contributed by atoms with Gasteiger partial charge in [-0.2, -0.15) is 10.2 Å². The van der Waals surface area contributed by atoms with Gasteiger partial charge in [-0.25, -0.2) is 0 Å². The maximum absolute atomic E-state index is 5.54. The SMILES string of the molecule is N[C]1C=CC(=C2C=CN=N2)C=C1. The molecule has 2 aliphatic rings. The Labute approximate surface area is 70.7 Å². The summed E-state index contributed by atoms with van der Waals surface area (Å²) in [6, 6.07) is 0.762. The zero-order valence-corrected chi connectivity index (χ0v) is 6.44. The molecule has 1 radical (unpaired) electrons. The lowest BCUT2D eigenvalue weighted by molar-refractivity contribution is 1.19. The molecule has 1 aliphatic heterocycles. The van der Waals surface area contributed by atoms with Crippen molar-refractivity contribution in [2.24, 2.45) is 16.0 Å². The Hall–Kier alpha value is -1.48. The van der Waals surface area contributed by atoms with Crippen molar-refractivity contribution in [1.82, 2.24) is 0 Å². The van der Waals surface area contributed by atoms with Crippen LogP contribution in [0.1, 0.15) is 0 Å². The molecule has 0 aromatic rings. The molecule has 0 aromatic heterocycles. The van der Waals surface area contributed by atoms with Crippen LogP contribution in [0.4, 0.5) is 0 Å². The first-order valence-electron chi connectivity index (χ1n) is 3.66. The fourth-order valence-electron chi connectivity index (χ4n) is 1.04. The molecular formula is C9H8N3. The van der Waals surface area contributed by atoms with Crippen LogP contribution in [0.25, 0.3) is 0 Å². The number of allylic oxidation sites excluding steroid dienone is 4. The Kier molecular flexibility index (Phi) is 1.72. The molecule has 0 spiro atoms. The molecule has 0 atom stereocenters. The molecular weight excluding hydrogens is 150 g/mol. The number of rotatable bonds is 0. The van der Waals surface area contributed by atoms with E-state index in [0.29, 0.717) is 0 Å². The van der Waals surface area contributed by atoms with Crippen LogP contribution in [0, 0.1) is 6.04 Å². The van der Waals surface area contributed by atoms with Gasteiger partial charge in [0.05, 0.1) is 17.9 Å². The van der Waals surface area contributed by atoms with E-state index in [-0.39, 0.29) is 0 Å². The Morgan fingerprint density at radius 3 is 2.33 bits per heavy atom. The van der Waals surface area contributed by atoms with E-state index in [4.69, 9.17) is 5.73 Å². The number of azo groups is 1. The van der Waals surface area contributed by atoms with Crippen LogP contribution in [0.3, 0.4) is 0 Å². The Morgan fingerprint density at radius 1 is 1.00 bits per heavy atom. The first-order valence-corrected chi connectivity index (χ1v) is 3.66. The van der Waals surface area contributed by atoms with E-state index in [9.17, 15) is 0 Å². The van der Waals surface area contributed by atoms with Crippen LogP contribution in [-0.4, -0.2) is 0 Å². The second kappa shape index (κ2) is 2.87. The van der Waals surface area contributed by atoms with Crippen molar-refractivity contribution in [2.45, 2.75) is 0 Å². The lowest BCUT2D eigenvalue weighted by Gasteiger charge is -2.05. The van der Waals surface area contributed by atoms with E-state index in [1.807, 2.05) is 30.4 Å². The van der Waals surface area contributed by atoms with Crippen molar-refractivity contribution >= 4 is 0 Å². The van der Waals surface area contributed by atoms with Crippen LogP contribution in [0.5, 0.6) is 0 Å². The predicted molar refractivity (Wildman–Crippen MR) is 46.7 cm³/mol. The molecule has 0 fully saturated rings. The van der Waals surface area contributed by atoms with Gasteiger partial charge in [0, 0.05) is 5.57 Å². The van der Waals surface area contributed by atoms with Gasteiger partial charge in [-0.05, 0) is 6.08 Å². The summed E-state index contributed by atoms with van der Waals surface area (Å²) in [5.74, 6) is 0. The average molecular weight is 158 g/mol. The summed E-state index contributed by atoms with van der Waals surface area (Å²) in [6.45, 7) is 0. The minimum Gasteiger partial charge on any atom is -0.317 e. The van der Waals surface area contributed by atoms with E-state index >= 15 is 0 Å². The van der Waals surface area contributed by atoms with Gasteiger partial charge in [0.15, 0.2) is 0 Å². The van der Waals surface area contributed by atoms with Crippen LogP contribution < -0.4 is 5.73 Å². The minimum absolute atomic E-state index is 0.762. The van der Waals surface area contributed by atoms with Crippen molar-refractivity contribution < 1.29 is 0 Å². The largest absolute Gasteiger partial charge is 0.317 e.